The molecule has 2 aliphatic heterocycles. The summed E-state index contributed by atoms with van der Waals surface area (Å²) in [5.41, 5.74) is 1.24. The lowest BCUT2D eigenvalue weighted by atomic mass is 10.0. The molecule has 1 saturated heterocycles. The summed E-state index contributed by atoms with van der Waals surface area (Å²) in [6.45, 7) is 5.10. The number of carbonyl (C=O) groups is 4. The second-order valence-electron chi connectivity index (χ2n) is 9.96. The van der Waals surface area contributed by atoms with E-state index in [1.165, 1.54) is 19.1 Å². The summed E-state index contributed by atoms with van der Waals surface area (Å²) in [6.07, 6.45) is 0.438. The summed E-state index contributed by atoms with van der Waals surface area (Å²) < 4.78 is 21.8. The van der Waals surface area contributed by atoms with E-state index in [9.17, 15) is 19.2 Å². The quantitative estimate of drug-likeness (QED) is 0.305. The van der Waals surface area contributed by atoms with E-state index in [1.54, 1.807) is 51.1 Å². The van der Waals surface area contributed by atoms with Gasteiger partial charge in [-0.15, -0.1) is 0 Å². The molecule has 0 spiro atoms. The Kier molecular flexibility index (Phi) is 7.84. The third-order valence-electron chi connectivity index (χ3n) is 6.03. The zero-order chi connectivity index (χ0) is 28.3. The fourth-order valence-electron chi connectivity index (χ4n) is 4.34. The first-order valence-electron chi connectivity index (χ1n) is 12.3. The summed E-state index contributed by atoms with van der Waals surface area (Å²) in [5.74, 6) is -0.934. The Hall–Kier alpha value is -4.48. The number of nitrogens with zero attached hydrogens (tertiary/aromatic N) is 3. The van der Waals surface area contributed by atoms with Crippen LogP contribution < -0.4 is 19.5 Å². The third kappa shape index (κ3) is 6.16. The van der Waals surface area contributed by atoms with Gasteiger partial charge in [-0.1, -0.05) is 6.07 Å². The number of methoxy groups -OCH3 is 2. The first-order valence-corrected chi connectivity index (χ1v) is 12.3. The number of carbonyl (C=O) groups excluding carboxylic acids is 4. The van der Waals surface area contributed by atoms with Crippen molar-refractivity contribution < 1.29 is 38.1 Å². The van der Waals surface area contributed by atoms with Gasteiger partial charge in [-0.3, -0.25) is 19.7 Å². The number of benzene rings is 2. The average molecular weight is 539 g/mol. The number of piperidine rings is 1. The summed E-state index contributed by atoms with van der Waals surface area (Å²) in [6, 6.07) is 7.49. The summed E-state index contributed by atoms with van der Waals surface area (Å²) in [7, 11) is 2.88. The smallest absolute Gasteiger partial charge is 0.344 e. The number of azo groups is 1. The van der Waals surface area contributed by atoms with E-state index in [4.69, 9.17) is 18.9 Å². The zero-order valence-electron chi connectivity index (χ0n) is 22.4. The van der Waals surface area contributed by atoms with Crippen molar-refractivity contribution in [1.29, 1.82) is 0 Å². The van der Waals surface area contributed by atoms with Crippen molar-refractivity contribution in [2.45, 2.75) is 51.8 Å². The lowest BCUT2D eigenvalue weighted by Gasteiger charge is -2.29. The first kappa shape index (κ1) is 27.6. The van der Waals surface area contributed by atoms with Crippen molar-refractivity contribution in [2.24, 2.45) is 10.2 Å². The molecule has 206 valence electrons. The number of hydrogen-bond acceptors (Lipinski definition) is 10. The Balaban J connectivity index is 1.55. The van der Waals surface area contributed by atoms with Crippen LogP contribution in [0, 0.1) is 0 Å². The standard InChI is InChI=1S/C27H30N4O8/c1-27(2,3)39-23(33)14-38-24-20(36-4)11-15(12-21(24)37-5)29-30-18-8-6-7-16-17(18)13-31(26(16)35)19-9-10-22(32)28-25(19)34/h6-8,11-12,19H,9-10,13-14H2,1-5H3,(H,28,32,34)/b30-29+. The number of ether oxygens (including phenoxy) is 4. The monoisotopic (exact) mass is 538 g/mol. The van der Waals surface area contributed by atoms with Gasteiger partial charge in [-0.25, -0.2) is 4.79 Å². The molecule has 2 aromatic rings. The SMILES string of the molecule is COc1cc(/N=N/c2cccc3c2CN(C2CCC(=O)NC2=O)C3=O)cc(OC)c1OCC(=O)OC(C)(C)C. The molecule has 1 N–H and O–H groups in total. The molecule has 2 aromatic carbocycles. The van der Waals surface area contributed by atoms with E-state index >= 15 is 0 Å². The molecule has 3 amide bonds. The number of fused-ring (bicyclic) bond motifs is 1. The molecule has 0 aliphatic carbocycles. The number of amides is 3. The van der Waals surface area contributed by atoms with E-state index < -0.39 is 23.5 Å². The molecule has 2 aliphatic rings. The Morgan fingerprint density at radius 1 is 1.08 bits per heavy atom. The van der Waals surface area contributed by atoms with Crippen molar-refractivity contribution in [2.75, 3.05) is 20.8 Å². The molecule has 12 heteroatoms. The molecule has 0 saturated carbocycles. The topological polar surface area (TPSA) is 145 Å². The van der Waals surface area contributed by atoms with Gasteiger partial charge in [0, 0.05) is 36.2 Å². The van der Waals surface area contributed by atoms with Crippen LogP contribution in [-0.4, -0.2) is 61.1 Å². The molecule has 4 rings (SSSR count). The van der Waals surface area contributed by atoms with Crippen LogP contribution in [0.5, 0.6) is 17.2 Å². The third-order valence-corrected chi connectivity index (χ3v) is 6.03. The summed E-state index contributed by atoms with van der Waals surface area (Å²) in [4.78, 5) is 50.5. The second kappa shape index (κ2) is 11.1. The van der Waals surface area contributed by atoms with Gasteiger partial charge < -0.3 is 23.8 Å². The molecular weight excluding hydrogens is 508 g/mol. The van der Waals surface area contributed by atoms with E-state index in [1.807, 2.05) is 0 Å². The molecule has 0 aromatic heterocycles. The molecule has 1 atom stereocenters. The lowest BCUT2D eigenvalue weighted by Crippen LogP contribution is -2.52. The van der Waals surface area contributed by atoms with Gasteiger partial charge in [0.25, 0.3) is 5.91 Å². The maximum atomic E-state index is 13.0. The highest BCUT2D eigenvalue weighted by atomic mass is 16.6. The molecule has 0 radical (unpaired) electrons. The molecule has 2 heterocycles. The van der Waals surface area contributed by atoms with Crippen molar-refractivity contribution in [3.8, 4) is 17.2 Å². The average Bonchev–Trinajstić information content (AvgIpc) is 3.21. The van der Waals surface area contributed by atoms with E-state index in [2.05, 4.69) is 15.5 Å². The number of nitrogens with one attached hydrogen (secondary N) is 1. The maximum absolute atomic E-state index is 13.0. The highest BCUT2D eigenvalue weighted by molar-refractivity contribution is 6.06. The maximum Gasteiger partial charge on any atom is 0.344 e. The van der Waals surface area contributed by atoms with Crippen LogP contribution >= 0.6 is 0 Å². The number of imide groups is 1. The number of hydrogen-bond donors (Lipinski definition) is 1. The van der Waals surface area contributed by atoms with Gasteiger partial charge in [0.05, 0.1) is 25.6 Å². The van der Waals surface area contributed by atoms with Crippen LogP contribution in [0.4, 0.5) is 11.4 Å². The van der Waals surface area contributed by atoms with E-state index in [-0.39, 0.29) is 55.1 Å². The van der Waals surface area contributed by atoms with Gasteiger partial charge in [-0.2, -0.15) is 10.2 Å². The minimum Gasteiger partial charge on any atom is -0.493 e. The molecule has 1 unspecified atom stereocenters. The Labute approximate surface area is 225 Å². The predicted octanol–water partition coefficient (Wildman–Crippen LogP) is 3.60. The van der Waals surface area contributed by atoms with Crippen LogP contribution in [0.25, 0.3) is 0 Å². The molecule has 39 heavy (non-hydrogen) atoms. The molecule has 12 nitrogen and oxygen atoms in total. The Morgan fingerprint density at radius 3 is 2.38 bits per heavy atom. The second-order valence-corrected chi connectivity index (χ2v) is 9.96. The first-order chi connectivity index (χ1) is 18.5. The minimum absolute atomic E-state index is 0.166. The van der Waals surface area contributed by atoms with Crippen LogP contribution in [-0.2, 0) is 25.7 Å². The van der Waals surface area contributed by atoms with E-state index in [0.717, 1.165) is 0 Å². The summed E-state index contributed by atoms with van der Waals surface area (Å²) in [5, 5.41) is 11.0. The fourth-order valence-corrected chi connectivity index (χ4v) is 4.34. The summed E-state index contributed by atoms with van der Waals surface area (Å²) >= 11 is 0. The van der Waals surface area contributed by atoms with Crippen LogP contribution in [0.3, 0.4) is 0 Å². The van der Waals surface area contributed by atoms with Crippen molar-refractivity contribution in [3.05, 3.63) is 41.5 Å². The lowest BCUT2D eigenvalue weighted by molar-refractivity contribution is -0.157. The van der Waals surface area contributed by atoms with E-state index in [0.29, 0.717) is 22.5 Å². The van der Waals surface area contributed by atoms with Crippen molar-refractivity contribution in [3.63, 3.8) is 0 Å². The van der Waals surface area contributed by atoms with Crippen molar-refractivity contribution >= 4 is 35.1 Å². The zero-order valence-corrected chi connectivity index (χ0v) is 22.4. The highest BCUT2D eigenvalue weighted by Crippen LogP contribution is 2.42. The van der Waals surface area contributed by atoms with Crippen LogP contribution in [0.15, 0.2) is 40.6 Å². The Bertz CT molecular complexity index is 1320. The van der Waals surface area contributed by atoms with Gasteiger partial charge >= 0.3 is 5.97 Å². The predicted molar refractivity (Wildman–Crippen MR) is 138 cm³/mol. The molecular formula is C27H30N4O8. The largest absolute Gasteiger partial charge is 0.493 e. The van der Waals surface area contributed by atoms with Crippen LogP contribution in [0.2, 0.25) is 0 Å². The van der Waals surface area contributed by atoms with Crippen molar-refractivity contribution in [1.82, 2.24) is 10.2 Å². The van der Waals surface area contributed by atoms with Gasteiger partial charge in [-0.05, 0) is 39.3 Å². The van der Waals surface area contributed by atoms with Gasteiger partial charge in [0.1, 0.15) is 11.6 Å². The molecule has 1 fully saturated rings. The minimum atomic E-state index is -0.728. The van der Waals surface area contributed by atoms with Crippen LogP contribution in [0.1, 0.15) is 49.5 Å². The molecule has 0 bridgehead atoms. The highest BCUT2D eigenvalue weighted by Gasteiger charge is 2.39. The fraction of sp³-hybridized carbons (Fsp3) is 0.407. The van der Waals surface area contributed by atoms with Gasteiger partial charge in [0.2, 0.25) is 17.6 Å². The number of rotatable bonds is 8. The normalized spacial score (nSPS) is 17.2. The van der Waals surface area contributed by atoms with Gasteiger partial charge in [0.15, 0.2) is 18.1 Å². The number of esters is 1. The Morgan fingerprint density at radius 2 is 1.77 bits per heavy atom.